The standard InChI is InChI=1S/C13H19NO5S/c1-9(2)7-11(15)8-14-20(18,19)12-5-3-10(4-6-12)13(16)17/h3-6,9,11,14-15H,7-8H2,1-2H3,(H,16,17). The predicted octanol–water partition coefficient (Wildman–Crippen LogP) is 1.07. The lowest BCUT2D eigenvalue weighted by Crippen LogP contribution is -2.32. The minimum atomic E-state index is -3.74. The van der Waals surface area contributed by atoms with Crippen molar-refractivity contribution in [3.8, 4) is 0 Å². The Hall–Kier alpha value is -1.44. The van der Waals surface area contributed by atoms with Gasteiger partial charge in [-0.2, -0.15) is 0 Å². The van der Waals surface area contributed by atoms with Crippen LogP contribution >= 0.6 is 0 Å². The lowest BCUT2D eigenvalue weighted by atomic mass is 10.1. The van der Waals surface area contributed by atoms with Crippen molar-refractivity contribution < 1.29 is 23.4 Å². The number of nitrogens with one attached hydrogen (secondary N) is 1. The summed E-state index contributed by atoms with van der Waals surface area (Å²) >= 11 is 0. The molecule has 3 N–H and O–H groups in total. The molecule has 20 heavy (non-hydrogen) atoms. The first kappa shape index (κ1) is 16.6. The molecule has 0 radical (unpaired) electrons. The number of hydrogen-bond donors (Lipinski definition) is 3. The number of aliphatic hydroxyl groups is 1. The fraction of sp³-hybridized carbons (Fsp3) is 0.462. The summed E-state index contributed by atoms with van der Waals surface area (Å²) < 4.78 is 26.2. The van der Waals surface area contributed by atoms with Gasteiger partial charge >= 0.3 is 5.97 Å². The van der Waals surface area contributed by atoms with Crippen LogP contribution in [-0.4, -0.2) is 37.2 Å². The second-order valence-electron chi connectivity index (χ2n) is 4.96. The number of hydrogen-bond acceptors (Lipinski definition) is 4. The van der Waals surface area contributed by atoms with Gasteiger partial charge in [-0.3, -0.25) is 0 Å². The molecule has 0 saturated carbocycles. The SMILES string of the molecule is CC(C)CC(O)CNS(=O)(=O)c1ccc(C(=O)O)cc1. The number of carboxylic acids is 1. The van der Waals surface area contributed by atoms with Crippen LogP contribution in [0, 0.1) is 5.92 Å². The Bertz CT molecular complexity index is 551. The fourth-order valence-corrected chi connectivity index (χ4v) is 2.77. The van der Waals surface area contributed by atoms with Crippen LogP contribution in [0.5, 0.6) is 0 Å². The van der Waals surface area contributed by atoms with Crippen molar-refractivity contribution in [2.45, 2.75) is 31.3 Å². The van der Waals surface area contributed by atoms with Gasteiger partial charge in [-0.05, 0) is 36.6 Å². The van der Waals surface area contributed by atoms with E-state index in [1.165, 1.54) is 24.3 Å². The molecule has 0 heterocycles. The summed E-state index contributed by atoms with van der Waals surface area (Å²) in [6.07, 6.45) is -0.247. The maximum absolute atomic E-state index is 11.9. The maximum Gasteiger partial charge on any atom is 0.335 e. The van der Waals surface area contributed by atoms with E-state index in [1.54, 1.807) is 0 Å². The number of rotatable bonds is 7. The highest BCUT2D eigenvalue weighted by Crippen LogP contribution is 2.11. The number of carbonyl (C=O) groups is 1. The summed E-state index contributed by atoms with van der Waals surface area (Å²) in [5.74, 6) is -0.849. The van der Waals surface area contributed by atoms with Crippen molar-refractivity contribution in [3.05, 3.63) is 29.8 Å². The van der Waals surface area contributed by atoms with Crippen molar-refractivity contribution >= 4 is 16.0 Å². The Labute approximate surface area is 118 Å². The normalized spacial score (nSPS) is 13.4. The third-order valence-electron chi connectivity index (χ3n) is 2.66. The molecule has 6 nitrogen and oxygen atoms in total. The molecule has 0 aliphatic rings. The lowest BCUT2D eigenvalue weighted by molar-refractivity contribution is 0.0696. The molecule has 0 fully saturated rings. The van der Waals surface area contributed by atoms with Crippen LogP contribution in [0.3, 0.4) is 0 Å². The molecule has 0 aliphatic carbocycles. The van der Waals surface area contributed by atoms with Crippen LogP contribution in [0.4, 0.5) is 0 Å². The molecule has 7 heteroatoms. The minimum Gasteiger partial charge on any atom is -0.478 e. The van der Waals surface area contributed by atoms with Gasteiger partial charge in [-0.25, -0.2) is 17.9 Å². The topological polar surface area (TPSA) is 104 Å². The van der Waals surface area contributed by atoms with E-state index in [0.717, 1.165) is 0 Å². The number of benzene rings is 1. The van der Waals surface area contributed by atoms with Crippen LogP contribution in [-0.2, 0) is 10.0 Å². The van der Waals surface area contributed by atoms with E-state index in [0.29, 0.717) is 6.42 Å². The smallest absolute Gasteiger partial charge is 0.335 e. The summed E-state index contributed by atoms with van der Waals surface area (Å²) in [6, 6.07) is 4.89. The predicted molar refractivity (Wildman–Crippen MR) is 74.1 cm³/mol. The van der Waals surface area contributed by atoms with E-state index in [1.807, 2.05) is 13.8 Å². The highest BCUT2D eigenvalue weighted by atomic mass is 32.2. The van der Waals surface area contributed by atoms with Crippen LogP contribution in [0.1, 0.15) is 30.6 Å². The Kier molecular flexibility index (Phi) is 5.67. The molecule has 0 amide bonds. The van der Waals surface area contributed by atoms with Crippen molar-refractivity contribution in [1.29, 1.82) is 0 Å². The molecule has 0 bridgehead atoms. The van der Waals surface area contributed by atoms with E-state index >= 15 is 0 Å². The average molecular weight is 301 g/mol. The first-order chi connectivity index (χ1) is 9.22. The average Bonchev–Trinajstić information content (AvgIpc) is 2.36. The summed E-state index contributed by atoms with van der Waals surface area (Å²) in [4.78, 5) is 10.7. The maximum atomic E-state index is 11.9. The summed E-state index contributed by atoms with van der Waals surface area (Å²) in [6.45, 7) is 3.80. The number of sulfonamides is 1. The molecule has 0 saturated heterocycles. The Morgan fingerprint density at radius 1 is 1.25 bits per heavy atom. The molecule has 1 rings (SSSR count). The van der Waals surface area contributed by atoms with E-state index in [9.17, 15) is 18.3 Å². The number of carboxylic acid groups (broad SMARTS) is 1. The van der Waals surface area contributed by atoms with E-state index in [2.05, 4.69) is 4.72 Å². The molecule has 1 aromatic rings. The number of aromatic carboxylic acids is 1. The Balaban J connectivity index is 2.71. The van der Waals surface area contributed by atoms with E-state index < -0.39 is 22.1 Å². The van der Waals surface area contributed by atoms with Crippen LogP contribution in [0.25, 0.3) is 0 Å². The molecule has 1 unspecified atom stereocenters. The van der Waals surface area contributed by atoms with E-state index in [4.69, 9.17) is 5.11 Å². The Morgan fingerprint density at radius 2 is 1.80 bits per heavy atom. The quantitative estimate of drug-likeness (QED) is 0.699. The molecule has 0 aliphatic heterocycles. The zero-order chi connectivity index (χ0) is 15.3. The Morgan fingerprint density at radius 3 is 2.25 bits per heavy atom. The van der Waals surface area contributed by atoms with Crippen molar-refractivity contribution in [3.63, 3.8) is 0 Å². The lowest BCUT2D eigenvalue weighted by Gasteiger charge is -2.14. The fourth-order valence-electron chi connectivity index (χ4n) is 1.69. The van der Waals surface area contributed by atoms with Crippen molar-refractivity contribution in [2.24, 2.45) is 5.92 Å². The zero-order valence-corrected chi connectivity index (χ0v) is 12.2. The van der Waals surface area contributed by atoms with Crippen LogP contribution < -0.4 is 4.72 Å². The highest BCUT2D eigenvalue weighted by molar-refractivity contribution is 7.89. The van der Waals surface area contributed by atoms with Gasteiger partial charge in [0.25, 0.3) is 0 Å². The van der Waals surface area contributed by atoms with Gasteiger partial charge in [0.1, 0.15) is 0 Å². The van der Waals surface area contributed by atoms with Gasteiger partial charge in [0.15, 0.2) is 0 Å². The van der Waals surface area contributed by atoms with E-state index in [-0.39, 0.29) is 22.9 Å². The first-order valence-corrected chi connectivity index (χ1v) is 7.72. The van der Waals surface area contributed by atoms with Gasteiger partial charge in [0, 0.05) is 6.54 Å². The summed E-state index contributed by atoms with van der Waals surface area (Å²) in [5, 5.41) is 18.4. The molecular weight excluding hydrogens is 282 g/mol. The number of aliphatic hydroxyl groups excluding tert-OH is 1. The van der Waals surface area contributed by atoms with Crippen LogP contribution in [0.15, 0.2) is 29.2 Å². The van der Waals surface area contributed by atoms with Gasteiger partial charge in [0.2, 0.25) is 10.0 Å². The van der Waals surface area contributed by atoms with Gasteiger partial charge in [-0.1, -0.05) is 13.8 Å². The highest BCUT2D eigenvalue weighted by Gasteiger charge is 2.17. The van der Waals surface area contributed by atoms with Crippen molar-refractivity contribution in [1.82, 2.24) is 4.72 Å². The molecule has 112 valence electrons. The first-order valence-electron chi connectivity index (χ1n) is 6.23. The molecule has 1 aromatic carbocycles. The van der Waals surface area contributed by atoms with Crippen LogP contribution in [0.2, 0.25) is 0 Å². The second-order valence-corrected chi connectivity index (χ2v) is 6.73. The second kappa shape index (κ2) is 6.83. The summed E-state index contributed by atoms with van der Waals surface area (Å²) in [5.41, 5.74) is 0.0174. The largest absolute Gasteiger partial charge is 0.478 e. The van der Waals surface area contributed by atoms with Gasteiger partial charge < -0.3 is 10.2 Å². The zero-order valence-electron chi connectivity index (χ0n) is 11.4. The molecule has 1 atom stereocenters. The van der Waals surface area contributed by atoms with Crippen molar-refractivity contribution in [2.75, 3.05) is 6.54 Å². The monoisotopic (exact) mass is 301 g/mol. The molecule has 0 aromatic heterocycles. The van der Waals surface area contributed by atoms with Gasteiger partial charge in [0.05, 0.1) is 16.6 Å². The van der Waals surface area contributed by atoms with Gasteiger partial charge in [-0.15, -0.1) is 0 Å². The minimum absolute atomic E-state index is 0.0174. The molecule has 0 spiro atoms. The summed E-state index contributed by atoms with van der Waals surface area (Å²) in [7, 11) is -3.74. The third kappa shape index (κ3) is 4.92. The third-order valence-corrected chi connectivity index (χ3v) is 4.10. The molecular formula is C13H19NO5S.